The lowest BCUT2D eigenvalue weighted by atomic mass is 9.85. The molecule has 4 rings (SSSR count). The molecule has 3 aromatic carbocycles. The number of hydrogen-bond donors (Lipinski definition) is 4. The Kier molecular flexibility index (Phi) is 12.2. The third-order valence-corrected chi connectivity index (χ3v) is 10.7. The first kappa shape index (κ1) is 37.3. The summed E-state index contributed by atoms with van der Waals surface area (Å²) in [7, 11) is -3.94. The summed E-state index contributed by atoms with van der Waals surface area (Å²) in [6.45, 7) is 11.4. The highest BCUT2D eigenvalue weighted by Gasteiger charge is 2.44. The van der Waals surface area contributed by atoms with Crippen LogP contribution in [-0.4, -0.2) is 67.5 Å². The molecule has 0 heterocycles. The van der Waals surface area contributed by atoms with Crippen LogP contribution >= 0.6 is 0 Å². The molecule has 3 unspecified atom stereocenters. The second-order valence-corrected chi connectivity index (χ2v) is 16.5. The van der Waals surface area contributed by atoms with Crippen LogP contribution < -0.4 is 16.0 Å². The number of hydrogen-bond acceptors (Lipinski definition) is 6. The fraction of sp³-hybridized carbons (Fsp3) is 0.474. The van der Waals surface area contributed by atoms with E-state index < -0.39 is 39.5 Å². The van der Waals surface area contributed by atoms with Gasteiger partial charge in [-0.05, 0) is 60.8 Å². The molecule has 48 heavy (non-hydrogen) atoms. The van der Waals surface area contributed by atoms with Crippen molar-refractivity contribution < 1.29 is 23.1 Å². The van der Waals surface area contributed by atoms with Gasteiger partial charge >= 0.3 is 0 Å². The zero-order valence-electron chi connectivity index (χ0n) is 29.1. The SMILES string of the molecule is Cc1ccc(S(=O)(=O)N(CC(C)C)CC(O)C(Cc2ccccc2)NC(=O)C(NC(=O)CNC2(c3ccccc3)CC2)C(C)(C)C)cc1. The Morgan fingerprint density at radius 3 is 2.00 bits per heavy atom. The average molecular weight is 677 g/mol. The molecule has 0 aliphatic heterocycles. The third-order valence-electron chi connectivity index (χ3n) is 8.81. The van der Waals surface area contributed by atoms with Crippen LogP contribution in [0.1, 0.15) is 64.2 Å². The molecule has 2 amide bonds. The van der Waals surface area contributed by atoms with Crippen LogP contribution in [0.25, 0.3) is 0 Å². The number of carbonyl (C=O) groups excluding carboxylic acids is 2. The van der Waals surface area contributed by atoms with Gasteiger partial charge in [0, 0.05) is 18.6 Å². The summed E-state index contributed by atoms with van der Waals surface area (Å²) in [5.74, 6) is -0.762. The van der Waals surface area contributed by atoms with E-state index in [1.165, 1.54) is 4.31 Å². The van der Waals surface area contributed by atoms with Gasteiger partial charge < -0.3 is 15.7 Å². The first-order valence-corrected chi connectivity index (χ1v) is 18.2. The van der Waals surface area contributed by atoms with Gasteiger partial charge in [-0.3, -0.25) is 14.9 Å². The average Bonchev–Trinajstić information content (AvgIpc) is 3.83. The Labute approximate surface area is 286 Å². The van der Waals surface area contributed by atoms with E-state index in [-0.39, 0.29) is 48.3 Å². The number of carbonyl (C=O) groups is 2. The highest BCUT2D eigenvalue weighted by atomic mass is 32.2. The number of aliphatic hydroxyl groups is 1. The van der Waals surface area contributed by atoms with Crippen LogP contribution in [0.3, 0.4) is 0 Å². The van der Waals surface area contributed by atoms with E-state index in [1.807, 2.05) is 90.1 Å². The molecule has 0 bridgehead atoms. The fourth-order valence-electron chi connectivity index (χ4n) is 5.88. The van der Waals surface area contributed by atoms with Gasteiger partial charge in [-0.15, -0.1) is 0 Å². The Balaban J connectivity index is 1.52. The summed E-state index contributed by atoms with van der Waals surface area (Å²) in [4.78, 5) is 27.4. The van der Waals surface area contributed by atoms with Gasteiger partial charge in [0.05, 0.1) is 23.6 Å². The Hall–Kier alpha value is -3.57. The largest absolute Gasteiger partial charge is 0.390 e. The molecule has 0 radical (unpaired) electrons. The van der Waals surface area contributed by atoms with Crippen LogP contribution in [0.5, 0.6) is 0 Å². The highest BCUT2D eigenvalue weighted by molar-refractivity contribution is 7.89. The van der Waals surface area contributed by atoms with Crippen LogP contribution in [0.15, 0.2) is 89.8 Å². The molecular formula is C38H52N4O5S. The number of nitrogens with zero attached hydrogens (tertiary/aromatic N) is 1. The van der Waals surface area contributed by atoms with Crippen molar-refractivity contribution in [1.29, 1.82) is 0 Å². The number of benzene rings is 3. The lowest BCUT2D eigenvalue weighted by Gasteiger charge is -2.34. The van der Waals surface area contributed by atoms with E-state index >= 15 is 0 Å². The molecule has 1 aliphatic carbocycles. The number of aliphatic hydroxyl groups excluding tert-OH is 1. The van der Waals surface area contributed by atoms with Crippen molar-refractivity contribution in [2.24, 2.45) is 11.3 Å². The molecule has 260 valence electrons. The van der Waals surface area contributed by atoms with Crippen molar-refractivity contribution in [3.8, 4) is 0 Å². The maximum absolute atomic E-state index is 14.0. The van der Waals surface area contributed by atoms with Crippen LogP contribution in [0.2, 0.25) is 0 Å². The van der Waals surface area contributed by atoms with Crippen molar-refractivity contribution in [2.45, 2.75) is 89.4 Å². The summed E-state index contributed by atoms with van der Waals surface area (Å²) in [6.07, 6.45) is 0.881. The van der Waals surface area contributed by atoms with Gasteiger partial charge in [-0.25, -0.2) is 8.42 Å². The monoisotopic (exact) mass is 676 g/mol. The molecule has 0 spiro atoms. The molecule has 9 nitrogen and oxygen atoms in total. The zero-order valence-corrected chi connectivity index (χ0v) is 29.9. The zero-order chi connectivity index (χ0) is 35.1. The molecule has 0 saturated heterocycles. The summed E-state index contributed by atoms with van der Waals surface area (Å²) >= 11 is 0. The lowest BCUT2D eigenvalue weighted by Crippen LogP contribution is -2.59. The Morgan fingerprint density at radius 2 is 1.46 bits per heavy atom. The summed E-state index contributed by atoms with van der Waals surface area (Å²) in [5, 5.41) is 21.0. The second-order valence-electron chi connectivity index (χ2n) is 14.6. The van der Waals surface area contributed by atoms with Crippen LogP contribution in [0.4, 0.5) is 0 Å². The molecule has 0 aromatic heterocycles. The Morgan fingerprint density at radius 1 is 0.875 bits per heavy atom. The summed E-state index contributed by atoms with van der Waals surface area (Å²) in [5.41, 5.74) is 2.06. The van der Waals surface area contributed by atoms with Crippen molar-refractivity contribution in [2.75, 3.05) is 19.6 Å². The molecule has 10 heteroatoms. The summed E-state index contributed by atoms with van der Waals surface area (Å²) < 4.78 is 28.9. The lowest BCUT2D eigenvalue weighted by molar-refractivity contribution is -0.132. The third kappa shape index (κ3) is 9.98. The van der Waals surface area contributed by atoms with Crippen molar-refractivity contribution in [3.63, 3.8) is 0 Å². The van der Waals surface area contributed by atoms with Crippen LogP contribution in [-0.2, 0) is 31.6 Å². The van der Waals surface area contributed by atoms with E-state index in [1.54, 1.807) is 24.3 Å². The fourth-order valence-corrected chi connectivity index (χ4v) is 7.50. The molecular weight excluding hydrogens is 625 g/mol. The van der Waals surface area contributed by atoms with E-state index in [9.17, 15) is 23.1 Å². The Bertz CT molecular complexity index is 1600. The first-order chi connectivity index (χ1) is 22.6. The predicted octanol–water partition coefficient (Wildman–Crippen LogP) is 4.54. The topological polar surface area (TPSA) is 128 Å². The van der Waals surface area contributed by atoms with Gasteiger partial charge in [0.2, 0.25) is 21.8 Å². The number of amides is 2. The number of sulfonamides is 1. The highest BCUT2D eigenvalue weighted by Crippen LogP contribution is 2.45. The van der Waals surface area contributed by atoms with Gasteiger partial charge in [0.25, 0.3) is 0 Å². The van der Waals surface area contributed by atoms with Crippen molar-refractivity contribution in [3.05, 3.63) is 102 Å². The second kappa shape index (κ2) is 15.8. The predicted molar refractivity (Wildman–Crippen MR) is 190 cm³/mol. The minimum Gasteiger partial charge on any atom is -0.390 e. The molecule has 3 atom stereocenters. The number of aryl methyl sites for hydroxylation is 1. The van der Waals surface area contributed by atoms with Gasteiger partial charge in [0.15, 0.2) is 0 Å². The molecule has 1 fully saturated rings. The maximum Gasteiger partial charge on any atom is 0.243 e. The maximum atomic E-state index is 14.0. The molecule has 1 saturated carbocycles. The normalized spacial score (nSPS) is 16.3. The summed E-state index contributed by atoms with van der Waals surface area (Å²) in [6, 6.07) is 24.4. The van der Waals surface area contributed by atoms with Crippen LogP contribution in [0, 0.1) is 18.3 Å². The molecule has 3 aromatic rings. The van der Waals surface area contributed by atoms with Gasteiger partial charge in [-0.2, -0.15) is 4.31 Å². The van der Waals surface area contributed by atoms with E-state index in [4.69, 9.17) is 0 Å². The number of rotatable bonds is 16. The number of nitrogens with one attached hydrogen (secondary N) is 3. The minimum absolute atomic E-state index is 0.00894. The smallest absolute Gasteiger partial charge is 0.243 e. The molecule has 4 N–H and O–H groups in total. The van der Waals surface area contributed by atoms with Crippen molar-refractivity contribution >= 4 is 21.8 Å². The van der Waals surface area contributed by atoms with Gasteiger partial charge in [0.1, 0.15) is 6.04 Å². The van der Waals surface area contributed by atoms with Crippen molar-refractivity contribution in [1.82, 2.24) is 20.3 Å². The minimum atomic E-state index is -3.94. The first-order valence-electron chi connectivity index (χ1n) is 16.8. The van der Waals surface area contributed by atoms with E-state index in [2.05, 4.69) is 28.1 Å². The standard InChI is InChI=1S/C38H52N4O5S/c1-27(2)25-42(48(46,47)31-19-17-28(3)18-20-31)26-33(43)32(23-29-13-9-7-10-14-29)40-36(45)35(37(4,5)6)41-34(44)24-39-38(21-22-38)30-15-11-8-12-16-30/h7-20,27,32-33,35,39,43H,21-26H2,1-6H3,(H,40,45)(H,41,44). The van der Waals surface area contributed by atoms with E-state index in [0.717, 1.165) is 29.5 Å². The molecule has 1 aliphatic rings. The quantitative estimate of drug-likeness (QED) is 0.177. The van der Waals surface area contributed by atoms with E-state index in [0.29, 0.717) is 0 Å². The van der Waals surface area contributed by atoms with Gasteiger partial charge in [-0.1, -0.05) is 113 Å².